The number of hydrogen-bond acceptors (Lipinski definition) is 3. The van der Waals surface area contributed by atoms with E-state index in [2.05, 4.69) is 57.9 Å². The average molecular weight is 252 g/mol. The second-order valence-electron chi connectivity index (χ2n) is 4.53. The molecule has 0 aliphatic heterocycles. The van der Waals surface area contributed by atoms with Crippen molar-refractivity contribution in [1.82, 2.24) is 20.1 Å². The lowest BCUT2D eigenvalue weighted by molar-refractivity contribution is 0.470. The van der Waals surface area contributed by atoms with Crippen LogP contribution >= 0.6 is 0 Å². The number of benzene rings is 2. The molecule has 0 radical (unpaired) electrons. The zero-order valence-electron chi connectivity index (χ0n) is 10.8. The second-order valence-corrected chi connectivity index (χ2v) is 4.53. The first-order chi connectivity index (χ1) is 9.38. The number of fused-ring (bicyclic) bond motifs is 1. The van der Waals surface area contributed by atoms with Gasteiger partial charge in [0.15, 0.2) is 0 Å². The van der Waals surface area contributed by atoms with Crippen LogP contribution in [-0.2, 0) is 6.54 Å². The van der Waals surface area contributed by atoms with Crippen molar-refractivity contribution >= 4 is 10.8 Å². The monoisotopic (exact) mass is 252 g/mol. The molecule has 1 aromatic heterocycles. The molecule has 19 heavy (non-hydrogen) atoms. The van der Waals surface area contributed by atoms with Gasteiger partial charge in [-0.25, -0.2) is 4.98 Å². The van der Waals surface area contributed by atoms with E-state index in [4.69, 9.17) is 0 Å². The van der Waals surface area contributed by atoms with Gasteiger partial charge < -0.3 is 5.32 Å². The lowest BCUT2D eigenvalue weighted by Crippen LogP contribution is -2.22. The predicted molar refractivity (Wildman–Crippen MR) is 75.8 cm³/mol. The van der Waals surface area contributed by atoms with Gasteiger partial charge in [0, 0.05) is 0 Å². The molecule has 3 rings (SSSR count). The fourth-order valence-electron chi connectivity index (χ4n) is 2.41. The highest BCUT2D eigenvalue weighted by molar-refractivity contribution is 5.86. The maximum atomic E-state index is 4.18. The summed E-state index contributed by atoms with van der Waals surface area (Å²) in [5.74, 6) is 0. The summed E-state index contributed by atoms with van der Waals surface area (Å²) in [6.07, 6.45) is 3.31. The Morgan fingerprint density at radius 1 is 1.16 bits per heavy atom. The maximum Gasteiger partial charge on any atom is 0.137 e. The summed E-state index contributed by atoms with van der Waals surface area (Å²) in [6.45, 7) is 0.768. The van der Waals surface area contributed by atoms with Gasteiger partial charge in [0.05, 0.1) is 12.6 Å². The molecule has 0 saturated heterocycles. The highest BCUT2D eigenvalue weighted by atomic mass is 15.3. The first-order valence-corrected chi connectivity index (χ1v) is 6.36. The van der Waals surface area contributed by atoms with Crippen LogP contribution in [0.2, 0.25) is 0 Å². The third-order valence-corrected chi connectivity index (χ3v) is 3.38. The molecule has 1 atom stereocenters. The Morgan fingerprint density at radius 2 is 2.00 bits per heavy atom. The van der Waals surface area contributed by atoms with Crippen LogP contribution in [0.5, 0.6) is 0 Å². The van der Waals surface area contributed by atoms with Gasteiger partial charge in [0.2, 0.25) is 0 Å². The van der Waals surface area contributed by atoms with Crippen molar-refractivity contribution in [2.75, 3.05) is 7.05 Å². The van der Waals surface area contributed by atoms with Gasteiger partial charge >= 0.3 is 0 Å². The van der Waals surface area contributed by atoms with Crippen LogP contribution in [0.15, 0.2) is 55.1 Å². The maximum absolute atomic E-state index is 4.18. The smallest absolute Gasteiger partial charge is 0.137 e. The number of nitrogens with one attached hydrogen (secondary N) is 1. The molecule has 0 aliphatic carbocycles. The zero-order chi connectivity index (χ0) is 13.1. The molecule has 1 unspecified atom stereocenters. The quantitative estimate of drug-likeness (QED) is 0.775. The largest absolute Gasteiger partial charge is 0.311 e. The Hall–Kier alpha value is -2.20. The standard InChI is InChI=1S/C15H16N4/c1-16-15(9-19-11-17-10-18-19)14-8-4-6-12-5-2-3-7-13(12)14/h2-8,10-11,15-16H,9H2,1H3. The van der Waals surface area contributed by atoms with Crippen LogP contribution in [0.4, 0.5) is 0 Å². The fraction of sp³-hybridized carbons (Fsp3) is 0.200. The number of aromatic nitrogens is 3. The van der Waals surface area contributed by atoms with Crippen LogP contribution in [-0.4, -0.2) is 21.8 Å². The van der Waals surface area contributed by atoms with Gasteiger partial charge in [-0.15, -0.1) is 0 Å². The molecule has 0 fully saturated rings. The van der Waals surface area contributed by atoms with Gasteiger partial charge in [-0.1, -0.05) is 42.5 Å². The second kappa shape index (κ2) is 5.20. The minimum absolute atomic E-state index is 0.216. The van der Waals surface area contributed by atoms with Crippen LogP contribution in [0.1, 0.15) is 11.6 Å². The highest BCUT2D eigenvalue weighted by Crippen LogP contribution is 2.24. The number of likely N-dealkylation sites (N-methyl/N-ethyl adjacent to an activating group) is 1. The van der Waals surface area contributed by atoms with Crippen molar-refractivity contribution in [3.63, 3.8) is 0 Å². The lowest BCUT2D eigenvalue weighted by atomic mass is 9.99. The summed E-state index contributed by atoms with van der Waals surface area (Å²) in [5, 5.41) is 10.1. The number of rotatable bonds is 4. The summed E-state index contributed by atoms with van der Waals surface area (Å²) >= 11 is 0. The highest BCUT2D eigenvalue weighted by Gasteiger charge is 2.13. The van der Waals surface area contributed by atoms with Gasteiger partial charge in [0.1, 0.15) is 12.7 Å². The van der Waals surface area contributed by atoms with Crippen LogP contribution in [0, 0.1) is 0 Å². The van der Waals surface area contributed by atoms with Gasteiger partial charge in [-0.05, 0) is 23.4 Å². The molecule has 0 aliphatic rings. The molecule has 1 N–H and O–H groups in total. The molecule has 0 spiro atoms. The number of nitrogens with zero attached hydrogens (tertiary/aromatic N) is 3. The van der Waals surface area contributed by atoms with Crippen LogP contribution in [0.25, 0.3) is 10.8 Å². The molecular formula is C15H16N4. The average Bonchev–Trinajstić information content (AvgIpc) is 2.97. The minimum Gasteiger partial charge on any atom is -0.311 e. The van der Waals surface area contributed by atoms with E-state index in [9.17, 15) is 0 Å². The molecule has 0 amide bonds. The Labute approximate surface area is 112 Å². The summed E-state index contributed by atoms with van der Waals surface area (Å²) in [7, 11) is 1.98. The van der Waals surface area contributed by atoms with E-state index >= 15 is 0 Å². The van der Waals surface area contributed by atoms with E-state index in [1.165, 1.54) is 16.3 Å². The summed E-state index contributed by atoms with van der Waals surface area (Å²) < 4.78 is 1.85. The first kappa shape index (κ1) is 11.9. The van der Waals surface area contributed by atoms with E-state index < -0.39 is 0 Å². The van der Waals surface area contributed by atoms with Crippen LogP contribution < -0.4 is 5.32 Å². The minimum atomic E-state index is 0.216. The third-order valence-electron chi connectivity index (χ3n) is 3.38. The van der Waals surface area contributed by atoms with Crippen molar-refractivity contribution in [1.29, 1.82) is 0 Å². The first-order valence-electron chi connectivity index (χ1n) is 6.36. The molecule has 1 heterocycles. The van der Waals surface area contributed by atoms with E-state index in [1.54, 1.807) is 12.7 Å². The van der Waals surface area contributed by atoms with E-state index in [0.717, 1.165) is 6.54 Å². The molecule has 4 heteroatoms. The fourth-order valence-corrected chi connectivity index (χ4v) is 2.41. The summed E-state index contributed by atoms with van der Waals surface area (Å²) in [5.41, 5.74) is 1.29. The Morgan fingerprint density at radius 3 is 2.79 bits per heavy atom. The van der Waals surface area contributed by atoms with Crippen LogP contribution in [0.3, 0.4) is 0 Å². The van der Waals surface area contributed by atoms with E-state index in [1.807, 2.05) is 11.7 Å². The van der Waals surface area contributed by atoms with Crippen molar-refractivity contribution < 1.29 is 0 Å². The number of hydrogen-bond donors (Lipinski definition) is 1. The van der Waals surface area contributed by atoms with E-state index in [-0.39, 0.29) is 6.04 Å². The lowest BCUT2D eigenvalue weighted by Gasteiger charge is -2.18. The molecular weight excluding hydrogens is 236 g/mol. The van der Waals surface area contributed by atoms with Crippen molar-refractivity contribution in [3.8, 4) is 0 Å². The van der Waals surface area contributed by atoms with Gasteiger partial charge in [-0.2, -0.15) is 5.10 Å². The normalized spacial score (nSPS) is 12.7. The van der Waals surface area contributed by atoms with E-state index in [0.29, 0.717) is 0 Å². The molecule has 4 nitrogen and oxygen atoms in total. The summed E-state index contributed by atoms with van der Waals surface area (Å²) in [4.78, 5) is 3.99. The Balaban J connectivity index is 2.01. The Bertz CT molecular complexity index is 655. The van der Waals surface area contributed by atoms with Gasteiger partial charge in [0.25, 0.3) is 0 Å². The SMILES string of the molecule is CNC(Cn1cncn1)c1cccc2ccccc12. The topological polar surface area (TPSA) is 42.7 Å². The van der Waals surface area contributed by atoms with Crippen molar-refractivity contribution in [3.05, 3.63) is 60.7 Å². The summed E-state index contributed by atoms with van der Waals surface area (Å²) in [6, 6.07) is 15.1. The van der Waals surface area contributed by atoms with Gasteiger partial charge in [-0.3, -0.25) is 4.68 Å². The third kappa shape index (κ3) is 2.35. The molecule has 0 bridgehead atoms. The molecule has 2 aromatic carbocycles. The molecule has 3 aromatic rings. The predicted octanol–water partition coefficient (Wildman–Crippen LogP) is 2.39. The molecule has 0 saturated carbocycles. The Kier molecular flexibility index (Phi) is 3.25. The molecule has 96 valence electrons. The van der Waals surface area contributed by atoms with Crippen molar-refractivity contribution in [2.45, 2.75) is 12.6 Å². The van der Waals surface area contributed by atoms with Crippen molar-refractivity contribution in [2.24, 2.45) is 0 Å². The zero-order valence-corrected chi connectivity index (χ0v) is 10.8.